The SMILES string of the molecule is CNC1C=CC2(CC1)c1ccccc1C=Cc1ccccc12.Cl. The Balaban J connectivity index is 0.00000156. The van der Waals surface area contributed by atoms with Gasteiger partial charge in [-0.1, -0.05) is 72.8 Å². The smallest absolute Gasteiger partial charge is 0.0395 e. The first-order chi connectivity index (χ1) is 10.8. The number of likely N-dealkylation sites (N-methyl/N-ethyl adjacent to an activating group) is 1. The molecule has 0 amide bonds. The summed E-state index contributed by atoms with van der Waals surface area (Å²) in [6.45, 7) is 0. The molecule has 0 bridgehead atoms. The van der Waals surface area contributed by atoms with Gasteiger partial charge in [0, 0.05) is 11.5 Å². The van der Waals surface area contributed by atoms with Gasteiger partial charge in [-0.3, -0.25) is 0 Å². The molecule has 4 rings (SSSR count). The predicted molar refractivity (Wildman–Crippen MR) is 101 cm³/mol. The maximum Gasteiger partial charge on any atom is 0.0395 e. The van der Waals surface area contributed by atoms with Crippen LogP contribution < -0.4 is 5.32 Å². The highest BCUT2D eigenvalue weighted by Gasteiger charge is 2.37. The quantitative estimate of drug-likeness (QED) is 0.742. The first-order valence-corrected chi connectivity index (χ1v) is 8.07. The molecule has 0 radical (unpaired) electrons. The van der Waals surface area contributed by atoms with Gasteiger partial charge >= 0.3 is 0 Å². The average molecular weight is 324 g/mol. The van der Waals surface area contributed by atoms with Crippen LogP contribution in [-0.2, 0) is 5.41 Å². The number of nitrogens with one attached hydrogen (secondary N) is 1. The van der Waals surface area contributed by atoms with Gasteiger partial charge in [-0.25, -0.2) is 0 Å². The van der Waals surface area contributed by atoms with Crippen molar-refractivity contribution in [3.8, 4) is 0 Å². The highest BCUT2D eigenvalue weighted by Crippen LogP contribution is 2.46. The zero-order valence-corrected chi connectivity index (χ0v) is 14.1. The number of fused-ring (bicyclic) bond motifs is 4. The number of benzene rings is 2. The standard InChI is InChI=1S/C21H21N.ClH/c1-22-18-12-14-21(15-13-18)19-8-4-2-6-16(19)10-11-17-7-3-5-9-20(17)21;/h2-12,14,18,22H,13,15H2,1H3;1H. The lowest BCUT2D eigenvalue weighted by Gasteiger charge is -2.38. The van der Waals surface area contributed by atoms with E-state index in [1.54, 1.807) is 0 Å². The van der Waals surface area contributed by atoms with E-state index in [2.05, 4.69) is 78.2 Å². The van der Waals surface area contributed by atoms with Crippen molar-refractivity contribution in [1.82, 2.24) is 5.32 Å². The van der Waals surface area contributed by atoms with Gasteiger partial charge in [0.1, 0.15) is 0 Å². The number of allylic oxidation sites excluding steroid dienone is 1. The van der Waals surface area contributed by atoms with Gasteiger partial charge in [-0.05, 0) is 42.1 Å². The summed E-state index contributed by atoms with van der Waals surface area (Å²) in [5, 5.41) is 3.39. The van der Waals surface area contributed by atoms with Crippen molar-refractivity contribution in [2.24, 2.45) is 0 Å². The van der Waals surface area contributed by atoms with Crippen molar-refractivity contribution >= 4 is 24.6 Å². The lowest BCUT2D eigenvalue weighted by atomic mass is 9.66. The minimum absolute atomic E-state index is 0. The second kappa shape index (κ2) is 6.35. The Hall–Kier alpha value is -1.83. The van der Waals surface area contributed by atoms with Gasteiger partial charge in [0.15, 0.2) is 0 Å². The molecule has 0 saturated heterocycles. The van der Waals surface area contributed by atoms with Gasteiger partial charge in [0.25, 0.3) is 0 Å². The van der Waals surface area contributed by atoms with E-state index >= 15 is 0 Å². The number of halogens is 1. The molecule has 1 spiro atoms. The molecule has 0 aliphatic heterocycles. The van der Waals surface area contributed by atoms with E-state index < -0.39 is 0 Å². The number of hydrogen-bond donors (Lipinski definition) is 1. The molecule has 1 N–H and O–H groups in total. The summed E-state index contributed by atoms with van der Waals surface area (Å²) in [5.74, 6) is 0. The molecule has 2 aliphatic carbocycles. The van der Waals surface area contributed by atoms with Crippen LogP contribution in [0.3, 0.4) is 0 Å². The Morgan fingerprint density at radius 2 is 1.48 bits per heavy atom. The third kappa shape index (κ3) is 2.54. The Bertz CT molecular complexity index is 710. The van der Waals surface area contributed by atoms with Crippen LogP contribution in [0.2, 0.25) is 0 Å². The monoisotopic (exact) mass is 323 g/mol. The summed E-state index contributed by atoms with van der Waals surface area (Å²) in [5.41, 5.74) is 5.55. The minimum Gasteiger partial charge on any atom is -0.314 e. The predicted octanol–water partition coefficient (Wildman–Crippen LogP) is 4.82. The summed E-state index contributed by atoms with van der Waals surface area (Å²) < 4.78 is 0. The average Bonchev–Trinajstić information content (AvgIpc) is 2.73. The lowest BCUT2D eigenvalue weighted by molar-refractivity contribution is 0.467. The molecule has 1 nitrogen and oxygen atoms in total. The third-order valence-electron chi connectivity index (χ3n) is 5.16. The van der Waals surface area contributed by atoms with Gasteiger partial charge in [-0.15, -0.1) is 12.4 Å². The van der Waals surface area contributed by atoms with Crippen molar-refractivity contribution in [2.75, 3.05) is 7.05 Å². The first-order valence-electron chi connectivity index (χ1n) is 8.07. The van der Waals surface area contributed by atoms with Crippen molar-refractivity contribution in [3.63, 3.8) is 0 Å². The van der Waals surface area contributed by atoms with E-state index in [9.17, 15) is 0 Å². The van der Waals surface area contributed by atoms with Crippen LogP contribution in [0.1, 0.15) is 35.1 Å². The molecule has 118 valence electrons. The zero-order valence-electron chi connectivity index (χ0n) is 13.3. The Kier molecular flexibility index (Phi) is 4.43. The molecule has 0 heterocycles. The topological polar surface area (TPSA) is 12.0 Å². The maximum atomic E-state index is 3.39. The minimum atomic E-state index is 0. The highest BCUT2D eigenvalue weighted by molar-refractivity contribution is 5.85. The number of hydrogen-bond acceptors (Lipinski definition) is 1. The molecular formula is C21H22ClN. The molecule has 2 heteroatoms. The Labute approximate surface area is 144 Å². The lowest BCUT2D eigenvalue weighted by Crippen LogP contribution is -2.35. The van der Waals surface area contributed by atoms with E-state index in [0.717, 1.165) is 12.8 Å². The fourth-order valence-corrected chi connectivity index (χ4v) is 3.95. The van der Waals surface area contributed by atoms with E-state index in [-0.39, 0.29) is 17.8 Å². The van der Waals surface area contributed by atoms with Crippen LogP contribution >= 0.6 is 12.4 Å². The fraction of sp³-hybridized carbons (Fsp3) is 0.238. The van der Waals surface area contributed by atoms with Crippen molar-refractivity contribution in [3.05, 3.63) is 82.9 Å². The van der Waals surface area contributed by atoms with E-state index in [0.29, 0.717) is 6.04 Å². The molecule has 1 unspecified atom stereocenters. The Morgan fingerprint density at radius 1 is 0.913 bits per heavy atom. The van der Waals surface area contributed by atoms with Gasteiger partial charge in [0.05, 0.1) is 0 Å². The van der Waals surface area contributed by atoms with Crippen LogP contribution in [0.15, 0.2) is 60.7 Å². The first kappa shape index (κ1) is 16.0. The van der Waals surface area contributed by atoms with Gasteiger partial charge in [0.2, 0.25) is 0 Å². The summed E-state index contributed by atoms with van der Waals surface area (Å²) in [4.78, 5) is 0. The van der Waals surface area contributed by atoms with E-state index in [1.807, 2.05) is 7.05 Å². The third-order valence-corrected chi connectivity index (χ3v) is 5.16. The van der Waals surface area contributed by atoms with Crippen LogP contribution in [0, 0.1) is 0 Å². The molecule has 2 aromatic carbocycles. The highest BCUT2D eigenvalue weighted by atomic mass is 35.5. The largest absolute Gasteiger partial charge is 0.314 e. The molecule has 23 heavy (non-hydrogen) atoms. The Morgan fingerprint density at radius 3 is 1.96 bits per heavy atom. The van der Waals surface area contributed by atoms with Crippen molar-refractivity contribution in [1.29, 1.82) is 0 Å². The molecule has 0 aromatic heterocycles. The second-order valence-corrected chi connectivity index (χ2v) is 6.27. The van der Waals surface area contributed by atoms with Crippen LogP contribution in [0.5, 0.6) is 0 Å². The van der Waals surface area contributed by atoms with Crippen LogP contribution in [0.25, 0.3) is 12.2 Å². The second-order valence-electron chi connectivity index (χ2n) is 6.27. The van der Waals surface area contributed by atoms with Gasteiger partial charge in [-0.2, -0.15) is 0 Å². The number of rotatable bonds is 1. The summed E-state index contributed by atoms with van der Waals surface area (Å²) >= 11 is 0. The van der Waals surface area contributed by atoms with Crippen molar-refractivity contribution < 1.29 is 0 Å². The molecule has 0 saturated carbocycles. The van der Waals surface area contributed by atoms with E-state index in [1.165, 1.54) is 22.3 Å². The normalized spacial score (nSPS) is 20.3. The summed E-state index contributed by atoms with van der Waals surface area (Å²) in [6, 6.07) is 18.2. The van der Waals surface area contributed by atoms with E-state index in [4.69, 9.17) is 0 Å². The van der Waals surface area contributed by atoms with Crippen LogP contribution in [0.4, 0.5) is 0 Å². The maximum absolute atomic E-state index is 3.39. The summed E-state index contributed by atoms with van der Waals surface area (Å²) in [6.07, 6.45) is 11.6. The summed E-state index contributed by atoms with van der Waals surface area (Å²) in [7, 11) is 2.05. The molecule has 2 aliphatic rings. The van der Waals surface area contributed by atoms with Crippen molar-refractivity contribution in [2.45, 2.75) is 24.3 Å². The fourth-order valence-electron chi connectivity index (χ4n) is 3.95. The zero-order chi connectivity index (χ0) is 15.0. The molecule has 1 atom stereocenters. The molecule has 0 fully saturated rings. The molecular weight excluding hydrogens is 302 g/mol. The van der Waals surface area contributed by atoms with Crippen LogP contribution in [-0.4, -0.2) is 13.1 Å². The van der Waals surface area contributed by atoms with Gasteiger partial charge < -0.3 is 5.32 Å². The molecule has 2 aromatic rings.